The molecule has 0 aliphatic carbocycles. The monoisotopic (exact) mass is 283 g/mol. The Bertz CT molecular complexity index is 538. The minimum Gasteiger partial charge on any atom is -0.368 e. The van der Waals surface area contributed by atoms with Crippen LogP contribution in [0.2, 0.25) is 0 Å². The quantitative estimate of drug-likeness (QED) is 0.885. The van der Waals surface area contributed by atoms with Crippen molar-refractivity contribution in [2.24, 2.45) is 5.73 Å². The van der Waals surface area contributed by atoms with Crippen molar-refractivity contribution in [2.75, 3.05) is 18.5 Å². The molecule has 0 aromatic carbocycles. The minimum absolute atomic E-state index is 0.103. The smallest absolute Gasteiger partial charge is 0.236 e. The molecule has 0 atom stereocenters. The third kappa shape index (κ3) is 1.99. The summed E-state index contributed by atoms with van der Waals surface area (Å²) < 4.78 is 2.49. The number of primary amides is 1. The van der Waals surface area contributed by atoms with E-state index in [0.717, 1.165) is 0 Å². The first-order valence-corrected chi connectivity index (χ1v) is 5.36. The summed E-state index contributed by atoms with van der Waals surface area (Å²) >= 11 is 3.30. The number of hydrogen-bond acceptors (Lipinski definition) is 4. The molecule has 0 fully saturated rings. The average Bonchev–Trinajstić information content (AvgIpc) is 2.62. The molecular formula is C9H10BrN5O. The minimum atomic E-state index is -0.408. The van der Waals surface area contributed by atoms with Gasteiger partial charge in [0.05, 0.1) is 6.54 Å². The van der Waals surface area contributed by atoms with Gasteiger partial charge in [0.15, 0.2) is 11.5 Å². The Kier molecular flexibility index (Phi) is 2.78. The van der Waals surface area contributed by atoms with Crippen molar-refractivity contribution in [3.05, 3.63) is 23.2 Å². The standard InChI is InChI=1S/C9H10BrN5O/c1-14(5-7(11)16)9-8-12-2-3-15(8)4-6(10)13-9/h2-4H,5H2,1H3,(H2,11,16). The van der Waals surface area contributed by atoms with E-state index >= 15 is 0 Å². The van der Waals surface area contributed by atoms with Gasteiger partial charge in [-0.15, -0.1) is 0 Å². The van der Waals surface area contributed by atoms with Crippen LogP contribution in [0.5, 0.6) is 0 Å². The Morgan fingerprint density at radius 3 is 3.12 bits per heavy atom. The second-order valence-corrected chi connectivity index (χ2v) is 4.18. The van der Waals surface area contributed by atoms with Gasteiger partial charge in [0.2, 0.25) is 5.91 Å². The summed E-state index contributed by atoms with van der Waals surface area (Å²) in [7, 11) is 1.74. The van der Waals surface area contributed by atoms with E-state index in [0.29, 0.717) is 16.1 Å². The van der Waals surface area contributed by atoms with Gasteiger partial charge in [0, 0.05) is 25.6 Å². The first-order valence-electron chi connectivity index (χ1n) is 4.56. The van der Waals surface area contributed by atoms with Crippen molar-refractivity contribution in [3.8, 4) is 0 Å². The van der Waals surface area contributed by atoms with Gasteiger partial charge in [-0.25, -0.2) is 9.97 Å². The molecule has 0 spiro atoms. The summed E-state index contributed by atoms with van der Waals surface area (Å²) in [6.07, 6.45) is 5.28. The largest absolute Gasteiger partial charge is 0.368 e. The number of hydrogen-bond donors (Lipinski definition) is 1. The number of carbonyl (C=O) groups excluding carboxylic acids is 1. The van der Waals surface area contributed by atoms with Gasteiger partial charge in [-0.05, 0) is 15.9 Å². The van der Waals surface area contributed by atoms with E-state index in [2.05, 4.69) is 25.9 Å². The van der Waals surface area contributed by atoms with Crippen molar-refractivity contribution in [1.82, 2.24) is 14.4 Å². The molecule has 0 aliphatic heterocycles. The molecule has 7 heteroatoms. The topological polar surface area (TPSA) is 76.5 Å². The maximum atomic E-state index is 10.9. The summed E-state index contributed by atoms with van der Waals surface area (Å²) in [5.41, 5.74) is 5.83. The number of aromatic nitrogens is 3. The van der Waals surface area contributed by atoms with Crippen LogP contribution in [-0.4, -0.2) is 33.9 Å². The number of halogens is 1. The lowest BCUT2D eigenvalue weighted by molar-refractivity contribution is -0.116. The number of imidazole rings is 1. The lowest BCUT2D eigenvalue weighted by Crippen LogP contribution is -2.31. The van der Waals surface area contributed by atoms with Crippen LogP contribution in [0.4, 0.5) is 5.82 Å². The number of nitrogens with zero attached hydrogens (tertiary/aromatic N) is 4. The fourth-order valence-corrected chi connectivity index (χ4v) is 1.84. The zero-order valence-electron chi connectivity index (χ0n) is 8.59. The Morgan fingerprint density at radius 2 is 2.44 bits per heavy atom. The van der Waals surface area contributed by atoms with Crippen molar-refractivity contribution in [1.29, 1.82) is 0 Å². The number of fused-ring (bicyclic) bond motifs is 1. The first kappa shape index (κ1) is 10.9. The lowest BCUT2D eigenvalue weighted by atomic mass is 10.5. The molecule has 2 rings (SSSR count). The molecule has 0 saturated carbocycles. The van der Waals surface area contributed by atoms with Crippen molar-refractivity contribution in [2.45, 2.75) is 0 Å². The Hall–Kier alpha value is -1.63. The highest BCUT2D eigenvalue weighted by atomic mass is 79.9. The van der Waals surface area contributed by atoms with Gasteiger partial charge in [-0.1, -0.05) is 0 Å². The summed E-state index contributed by atoms with van der Waals surface area (Å²) in [6, 6.07) is 0. The van der Waals surface area contributed by atoms with E-state index < -0.39 is 5.91 Å². The molecule has 16 heavy (non-hydrogen) atoms. The predicted octanol–water partition coefficient (Wildman–Crippen LogP) is 0.413. The van der Waals surface area contributed by atoms with Gasteiger partial charge >= 0.3 is 0 Å². The number of nitrogens with two attached hydrogens (primary N) is 1. The molecule has 6 nitrogen and oxygen atoms in total. The Labute approximate surface area is 100 Å². The van der Waals surface area contributed by atoms with E-state index in [1.54, 1.807) is 24.3 Å². The number of amides is 1. The molecule has 0 bridgehead atoms. The highest BCUT2D eigenvalue weighted by Crippen LogP contribution is 2.19. The second kappa shape index (κ2) is 4.09. The van der Waals surface area contributed by atoms with Crippen molar-refractivity contribution < 1.29 is 4.79 Å². The number of likely N-dealkylation sites (N-methyl/N-ethyl adjacent to an activating group) is 1. The first-order chi connectivity index (χ1) is 7.58. The third-order valence-electron chi connectivity index (χ3n) is 2.08. The van der Waals surface area contributed by atoms with Crippen LogP contribution in [0.15, 0.2) is 23.2 Å². The van der Waals surface area contributed by atoms with Gasteiger partial charge in [-0.2, -0.15) is 0 Å². The van der Waals surface area contributed by atoms with Gasteiger partial charge in [-0.3, -0.25) is 4.79 Å². The zero-order valence-corrected chi connectivity index (χ0v) is 10.2. The maximum Gasteiger partial charge on any atom is 0.236 e. The summed E-state index contributed by atoms with van der Waals surface area (Å²) in [6.45, 7) is 0.103. The maximum absolute atomic E-state index is 10.9. The molecule has 2 N–H and O–H groups in total. The highest BCUT2D eigenvalue weighted by molar-refractivity contribution is 9.10. The van der Waals surface area contributed by atoms with Crippen molar-refractivity contribution >= 4 is 33.3 Å². The second-order valence-electron chi connectivity index (χ2n) is 3.37. The molecular weight excluding hydrogens is 274 g/mol. The molecule has 1 amide bonds. The van der Waals surface area contributed by atoms with Gasteiger partial charge < -0.3 is 15.0 Å². The number of anilines is 1. The van der Waals surface area contributed by atoms with Crippen molar-refractivity contribution in [3.63, 3.8) is 0 Å². The van der Waals surface area contributed by atoms with Crippen LogP contribution in [0.25, 0.3) is 5.65 Å². The number of carbonyl (C=O) groups is 1. The van der Waals surface area contributed by atoms with Crippen LogP contribution < -0.4 is 10.6 Å². The predicted molar refractivity (Wildman–Crippen MR) is 63.2 cm³/mol. The summed E-state index contributed by atoms with van der Waals surface area (Å²) in [5, 5.41) is 0. The van der Waals surface area contributed by atoms with Crippen LogP contribution in [-0.2, 0) is 4.79 Å². The zero-order chi connectivity index (χ0) is 11.7. The molecule has 2 heterocycles. The Morgan fingerprint density at radius 1 is 1.69 bits per heavy atom. The molecule has 0 aliphatic rings. The summed E-state index contributed by atoms with van der Waals surface area (Å²) in [5.74, 6) is 0.201. The molecule has 0 saturated heterocycles. The molecule has 0 radical (unpaired) electrons. The number of rotatable bonds is 3. The highest BCUT2D eigenvalue weighted by Gasteiger charge is 2.12. The van der Waals surface area contributed by atoms with E-state index in [-0.39, 0.29) is 6.54 Å². The molecule has 84 valence electrons. The van der Waals surface area contributed by atoms with E-state index in [1.807, 2.05) is 10.6 Å². The Balaban J connectivity index is 2.49. The van der Waals surface area contributed by atoms with Gasteiger partial charge in [0.1, 0.15) is 4.60 Å². The van der Waals surface area contributed by atoms with E-state index in [4.69, 9.17) is 5.73 Å². The average molecular weight is 284 g/mol. The molecule has 2 aromatic rings. The van der Waals surface area contributed by atoms with Crippen LogP contribution in [0.3, 0.4) is 0 Å². The van der Waals surface area contributed by atoms with Crippen LogP contribution in [0, 0.1) is 0 Å². The normalized spacial score (nSPS) is 10.6. The van der Waals surface area contributed by atoms with E-state index in [9.17, 15) is 4.79 Å². The SMILES string of the molecule is CN(CC(N)=O)c1nc(Br)cn2ccnc12. The summed E-state index contributed by atoms with van der Waals surface area (Å²) in [4.78, 5) is 21.0. The lowest BCUT2D eigenvalue weighted by Gasteiger charge is -2.16. The fourth-order valence-electron chi connectivity index (χ4n) is 1.45. The fraction of sp³-hybridized carbons (Fsp3) is 0.222. The molecule has 0 unspecified atom stereocenters. The van der Waals surface area contributed by atoms with E-state index in [1.165, 1.54) is 0 Å². The van der Waals surface area contributed by atoms with Gasteiger partial charge in [0.25, 0.3) is 0 Å². The van der Waals surface area contributed by atoms with Crippen LogP contribution in [0.1, 0.15) is 0 Å². The third-order valence-corrected chi connectivity index (χ3v) is 2.46. The molecule has 2 aromatic heterocycles. The van der Waals surface area contributed by atoms with Crippen LogP contribution >= 0.6 is 15.9 Å².